The highest BCUT2D eigenvalue weighted by Gasteiger charge is 2.17. The third-order valence-electron chi connectivity index (χ3n) is 5.06. The Morgan fingerprint density at radius 1 is 1.17 bits per heavy atom. The highest BCUT2D eigenvalue weighted by molar-refractivity contribution is 6.09. The summed E-state index contributed by atoms with van der Waals surface area (Å²) < 4.78 is 7.06. The third-order valence-corrected chi connectivity index (χ3v) is 5.06. The van der Waals surface area contributed by atoms with Gasteiger partial charge in [0.1, 0.15) is 5.75 Å². The minimum absolute atomic E-state index is 0.209. The maximum atomic E-state index is 12.8. The summed E-state index contributed by atoms with van der Waals surface area (Å²) in [5.41, 5.74) is 3.43. The van der Waals surface area contributed by atoms with Crippen LogP contribution in [0.3, 0.4) is 0 Å². The van der Waals surface area contributed by atoms with Crippen LogP contribution in [-0.2, 0) is 6.54 Å². The van der Waals surface area contributed by atoms with Crippen LogP contribution < -0.4 is 10.1 Å². The van der Waals surface area contributed by atoms with E-state index in [9.17, 15) is 4.79 Å². The second-order valence-corrected chi connectivity index (χ2v) is 7.11. The van der Waals surface area contributed by atoms with Crippen LogP contribution in [0.4, 0.5) is 5.82 Å². The maximum Gasteiger partial charge on any atom is 0.256 e. The third kappa shape index (κ3) is 3.66. The first-order chi connectivity index (χ1) is 14.1. The number of nitrogens with zero attached hydrogens (tertiary/aromatic N) is 3. The Balaban J connectivity index is 1.77. The summed E-state index contributed by atoms with van der Waals surface area (Å²) >= 11 is 0. The molecule has 0 unspecified atom stereocenters. The van der Waals surface area contributed by atoms with Gasteiger partial charge in [-0.1, -0.05) is 31.5 Å². The number of unbranched alkanes of at least 4 members (excludes halogenated alkanes) is 1. The Morgan fingerprint density at radius 3 is 2.69 bits per heavy atom. The van der Waals surface area contributed by atoms with Gasteiger partial charge in [-0.15, -0.1) is 0 Å². The second-order valence-electron chi connectivity index (χ2n) is 7.11. The summed E-state index contributed by atoms with van der Waals surface area (Å²) in [6.45, 7) is 4.96. The van der Waals surface area contributed by atoms with Crippen LogP contribution in [0.5, 0.6) is 5.75 Å². The van der Waals surface area contributed by atoms with E-state index in [-0.39, 0.29) is 5.91 Å². The molecule has 4 aromatic rings. The number of carbonyl (C=O) groups excluding carboxylic acids is 1. The van der Waals surface area contributed by atoms with Gasteiger partial charge in [-0.2, -0.15) is 5.10 Å². The molecular formula is C23H24N4O2. The van der Waals surface area contributed by atoms with Crippen molar-refractivity contribution >= 4 is 33.7 Å². The zero-order valence-corrected chi connectivity index (χ0v) is 16.9. The molecular weight excluding hydrogens is 364 g/mol. The first-order valence-electron chi connectivity index (χ1n) is 9.83. The summed E-state index contributed by atoms with van der Waals surface area (Å²) in [4.78, 5) is 17.7. The van der Waals surface area contributed by atoms with Crippen molar-refractivity contribution in [1.29, 1.82) is 0 Å². The van der Waals surface area contributed by atoms with Crippen molar-refractivity contribution in [3.8, 4) is 5.75 Å². The minimum atomic E-state index is -0.209. The summed E-state index contributed by atoms with van der Waals surface area (Å²) in [5.74, 6) is 1.04. The highest BCUT2D eigenvalue weighted by atomic mass is 16.5. The zero-order valence-electron chi connectivity index (χ0n) is 16.9. The number of fused-ring (bicyclic) bond motifs is 2. The summed E-state index contributed by atoms with van der Waals surface area (Å²) in [5, 5.41) is 9.52. The SMILES string of the molecule is CCCCn1nc(NC(=O)c2ccc(OC)cc2)c2cc3cccc(C)c3nc21. The van der Waals surface area contributed by atoms with E-state index in [4.69, 9.17) is 9.72 Å². The molecule has 0 spiro atoms. The number of aryl methyl sites for hydroxylation is 2. The molecule has 148 valence electrons. The number of hydrogen-bond donors (Lipinski definition) is 1. The molecule has 0 bridgehead atoms. The molecule has 2 aromatic carbocycles. The smallest absolute Gasteiger partial charge is 0.256 e. The number of benzene rings is 2. The molecule has 0 aliphatic heterocycles. The lowest BCUT2D eigenvalue weighted by Crippen LogP contribution is -2.13. The largest absolute Gasteiger partial charge is 0.497 e. The number of anilines is 1. The number of carbonyl (C=O) groups is 1. The number of methoxy groups -OCH3 is 1. The highest BCUT2D eigenvalue weighted by Crippen LogP contribution is 2.28. The average Bonchev–Trinajstić information content (AvgIpc) is 3.07. The Bertz CT molecular complexity index is 1180. The Morgan fingerprint density at radius 2 is 1.97 bits per heavy atom. The fraction of sp³-hybridized carbons (Fsp3) is 0.261. The first-order valence-corrected chi connectivity index (χ1v) is 9.83. The van der Waals surface area contributed by atoms with E-state index in [1.54, 1.807) is 31.4 Å². The standard InChI is InChI=1S/C23H24N4O2/c1-4-5-13-27-22-19(14-17-8-6-7-15(2)20(17)24-22)21(26-27)25-23(28)16-9-11-18(29-3)12-10-16/h6-12,14H,4-5,13H2,1-3H3,(H,25,26,28). The van der Waals surface area contributed by atoms with Gasteiger partial charge in [0, 0.05) is 17.5 Å². The van der Waals surface area contributed by atoms with Gasteiger partial charge in [-0.05, 0) is 49.2 Å². The number of nitrogens with one attached hydrogen (secondary N) is 1. The van der Waals surface area contributed by atoms with E-state index in [1.165, 1.54) is 0 Å². The molecule has 29 heavy (non-hydrogen) atoms. The lowest BCUT2D eigenvalue weighted by molar-refractivity contribution is 0.102. The first kappa shape index (κ1) is 18.9. The van der Waals surface area contributed by atoms with Crippen molar-refractivity contribution < 1.29 is 9.53 Å². The Labute approximate surface area is 169 Å². The molecule has 6 nitrogen and oxygen atoms in total. The van der Waals surface area contributed by atoms with Crippen LogP contribution in [0.15, 0.2) is 48.5 Å². The minimum Gasteiger partial charge on any atom is -0.497 e. The van der Waals surface area contributed by atoms with Crippen LogP contribution >= 0.6 is 0 Å². The lowest BCUT2D eigenvalue weighted by Gasteiger charge is -2.05. The van der Waals surface area contributed by atoms with Crippen LogP contribution in [0.2, 0.25) is 0 Å². The molecule has 4 rings (SSSR count). The number of para-hydroxylation sites is 1. The van der Waals surface area contributed by atoms with Crippen molar-refractivity contribution in [3.63, 3.8) is 0 Å². The quantitative estimate of drug-likeness (QED) is 0.507. The van der Waals surface area contributed by atoms with E-state index in [0.717, 1.165) is 46.9 Å². The summed E-state index contributed by atoms with van der Waals surface area (Å²) in [6.07, 6.45) is 2.05. The van der Waals surface area contributed by atoms with Gasteiger partial charge in [0.25, 0.3) is 5.91 Å². The normalized spacial score (nSPS) is 11.1. The number of aromatic nitrogens is 3. The molecule has 2 heterocycles. The van der Waals surface area contributed by atoms with Crippen LogP contribution in [-0.4, -0.2) is 27.8 Å². The lowest BCUT2D eigenvalue weighted by atomic mass is 10.1. The van der Waals surface area contributed by atoms with Gasteiger partial charge in [0.2, 0.25) is 0 Å². The van der Waals surface area contributed by atoms with Crippen molar-refractivity contribution in [2.24, 2.45) is 0 Å². The fourth-order valence-electron chi connectivity index (χ4n) is 3.41. The molecule has 0 atom stereocenters. The van der Waals surface area contributed by atoms with Gasteiger partial charge in [-0.3, -0.25) is 4.79 Å². The van der Waals surface area contributed by atoms with Gasteiger partial charge >= 0.3 is 0 Å². The van der Waals surface area contributed by atoms with E-state index in [1.807, 2.05) is 16.8 Å². The molecule has 0 fully saturated rings. The molecule has 0 saturated carbocycles. The van der Waals surface area contributed by atoms with Crippen LogP contribution in [0, 0.1) is 6.92 Å². The molecule has 0 radical (unpaired) electrons. The van der Waals surface area contributed by atoms with E-state index in [2.05, 4.69) is 36.4 Å². The Hall–Kier alpha value is -3.41. The van der Waals surface area contributed by atoms with E-state index < -0.39 is 0 Å². The van der Waals surface area contributed by atoms with Crippen LogP contribution in [0.25, 0.3) is 21.9 Å². The maximum absolute atomic E-state index is 12.8. The van der Waals surface area contributed by atoms with Gasteiger partial charge < -0.3 is 10.1 Å². The average molecular weight is 388 g/mol. The van der Waals surface area contributed by atoms with Crippen molar-refractivity contribution in [2.75, 3.05) is 12.4 Å². The summed E-state index contributed by atoms with van der Waals surface area (Å²) in [6, 6.07) is 15.2. The number of ether oxygens (including phenoxy) is 1. The monoisotopic (exact) mass is 388 g/mol. The number of pyridine rings is 1. The fourth-order valence-corrected chi connectivity index (χ4v) is 3.41. The predicted octanol–water partition coefficient (Wildman–Crippen LogP) is 4.95. The zero-order chi connectivity index (χ0) is 20.4. The number of hydrogen-bond acceptors (Lipinski definition) is 4. The van der Waals surface area contributed by atoms with Crippen molar-refractivity contribution in [2.45, 2.75) is 33.2 Å². The molecule has 0 aliphatic carbocycles. The van der Waals surface area contributed by atoms with Gasteiger partial charge in [-0.25, -0.2) is 9.67 Å². The molecule has 1 amide bonds. The molecule has 0 saturated heterocycles. The number of amides is 1. The van der Waals surface area contributed by atoms with Crippen LogP contribution in [0.1, 0.15) is 35.7 Å². The van der Waals surface area contributed by atoms with Gasteiger partial charge in [0.15, 0.2) is 11.5 Å². The molecule has 0 aliphatic rings. The van der Waals surface area contributed by atoms with E-state index >= 15 is 0 Å². The van der Waals surface area contributed by atoms with Gasteiger partial charge in [0.05, 0.1) is 18.0 Å². The Kier molecular flexibility index (Phi) is 5.16. The molecule has 2 aromatic heterocycles. The predicted molar refractivity (Wildman–Crippen MR) is 116 cm³/mol. The summed E-state index contributed by atoms with van der Waals surface area (Å²) in [7, 11) is 1.60. The molecule has 1 N–H and O–H groups in total. The van der Waals surface area contributed by atoms with Crippen molar-refractivity contribution in [3.05, 3.63) is 59.7 Å². The second kappa shape index (κ2) is 7.91. The van der Waals surface area contributed by atoms with Crippen molar-refractivity contribution in [1.82, 2.24) is 14.8 Å². The van der Waals surface area contributed by atoms with E-state index in [0.29, 0.717) is 17.1 Å². The number of rotatable bonds is 6. The molecule has 6 heteroatoms. The topological polar surface area (TPSA) is 69.0 Å².